The van der Waals surface area contributed by atoms with Gasteiger partial charge in [0.1, 0.15) is 0 Å². The highest BCUT2D eigenvalue weighted by atomic mass is 14.4. The van der Waals surface area contributed by atoms with Crippen LogP contribution >= 0.6 is 0 Å². The van der Waals surface area contributed by atoms with E-state index in [2.05, 4.69) is 6.08 Å². The van der Waals surface area contributed by atoms with E-state index in [1.165, 1.54) is 57.8 Å². The van der Waals surface area contributed by atoms with Gasteiger partial charge in [-0.3, -0.25) is 0 Å². The SMILES string of the molecule is C(=C(C1CCC1)C1CCC1)C1CCC1. The molecule has 78 valence electrons. The van der Waals surface area contributed by atoms with Crippen LogP contribution in [0.15, 0.2) is 11.6 Å². The van der Waals surface area contributed by atoms with Gasteiger partial charge >= 0.3 is 0 Å². The Morgan fingerprint density at radius 1 is 0.714 bits per heavy atom. The fourth-order valence-corrected chi connectivity index (χ4v) is 2.97. The maximum absolute atomic E-state index is 2.71. The summed E-state index contributed by atoms with van der Waals surface area (Å²) in [5.41, 5.74) is 1.91. The Balaban J connectivity index is 1.68. The maximum Gasteiger partial charge on any atom is -0.0200 e. The highest BCUT2D eigenvalue weighted by Crippen LogP contribution is 2.45. The molecule has 3 rings (SSSR count). The van der Waals surface area contributed by atoms with Crippen LogP contribution in [0.2, 0.25) is 0 Å². The van der Waals surface area contributed by atoms with Crippen LogP contribution < -0.4 is 0 Å². The second-order valence-corrected chi connectivity index (χ2v) is 5.61. The predicted molar refractivity (Wildman–Crippen MR) is 60.1 cm³/mol. The molecule has 14 heavy (non-hydrogen) atoms. The molecule has 3 aliphatic carbocycles. The van der Waals surface area contributed by atoms with E-state index in [-0.39, 0.29) is 0 Å². The maximum atomic E-state index is 2.71. The van der Waals surface area contributed by atoms with Crippen molar-refractivity contribution in [3.63, 3.8) is 0 Å². The minimum Gasteiger partial charge on any atom is -0.0817 e. The summed E-state index contributed by atoms with van der Waals surface area (Å²) in [6.45, 7) is 0. The molecule has 3 aliphatic rings. The van der Waals surface area contributed by atoms with E-state index in [1.807, 2.05) is 5.57 Å². The van der Waals surface area contributed by atoms with Gasteiger partial charge < -0.3 is 0 Å². The van der Waals surface area contributed by atoms with E-state index in [0.29, 0.717) is 0 Å². The van der Waals surface area contributed by atoms with E-state index in [4.69, 9.17) is 0 Å². The number of rotatable bonds is 3. The van der Waals surface area contributed by atoms with Crippen molar-refractivity contribution in [3.8, 4) is 0 Å². The largest absolute Gasteiger partial charge is 0.0817 e. The summed E-state index contributed by atoms with van der Waals surface area (Å²) >= 11 is 0. The average molecular weight is 190 g/mol. The van der Waals surface area contributed by atoms with Crippen LogP contribution in [0, 0.1) is 17.8 Å². The Morgan fingerprint density at radius 3 is 1.50 bits per heavy atom. The van der Waals surface area contributed by atoms with Gasteiger partial charge in [0.15, 0.2) is 0 Å². The van der Waals surface area contributed by atoms with Crippen molar-refractivity contribution in [1.29, 1.82) is 0 Å². The molecular weight excluding hydrogens is 168 g/mol. The Labute approximate surface area is 87.8 Å². The highest BCUT2D eigenvalue weighted by molar-refractivity contribution is 5.17. The van der Waals surface area contributed by atoms with Gasteiger partial charge in [-0.25, -0.2) is 0 Å². The molecule has 0 atom stereocenters. The molecule has 0 aromatic rings. The van der Waals surface area contributed by atoms with Gasteiger partial charge in [0, 0.05) is 0 Å². The van der Waals surface area contributed by atoms with E-state index in [1.54, 1.807) is 0 Å². The lowest BCUT2D eigenvalue weighted by Crippen LogP contribution is -2.25. The standard InChI is InChI=1S/C14H22/c1-4-11(5-1)10-14(12-6-2-7-12)13-8-3-9-13/h10-13H,1-9H2. The normalized spacial score (nSPS) is 28.9. The first kappa shape index (κ1) is 9.00. The van der Waals surface area contributed by atoms with E-state index in [9.17, 15) is 0 Å². The zero-order valence-corrected chi connectivity index (χ0v) is 9.17. The van der Waals surface area contributed by atoms with Gasteiger partial charge in [-0.1, -0.05) is 30.9 Å². The van der Waals surface area contributed by atoms with E-state index >= 15 is 0 Å². The molecule has 0 heteroatoms. The molecule has 0 aromatic heterocycles. The molecule has 0 unspecified atom stereocenters. The van der Waals surface area contributed by atoms with Gasteiger partial charge in [-0.05, 0) is 56.3 Å². The zero-order chi connectivity index (χ0) is 9.38. The molecule has 0 nitrogen and oxygen atoms in total. The van der Waals surface area contributed by atoms with Gasteiger partial charge in [-0.15, -0.1) is 0 Å². The van der Waals surface area contributed by atoms with Crippen LogP contribution in [0.5, 0.6) is 0 Å². The third-order valence-corrected chi connectivity index (χ3v) is 4.73. The van der Waals surface area contributed by atoms with Crippen molar-refractivity contribution >= 4 is 0 Å². The fraction of sp³-hybridized carbons (Fsp3) is 0.857. The third kappa shape index (κ3) is 1.53. The number of hydrogen-bond donors (Lipinski definition) is 0. The summed E-state index contributed by atoms with van der Waals surface area (Å²) in [5.74, 6) is 3.05. The van der Waals surface area contributed by atoms with Crippen molar-refractivity contribution in [2.24, 2.45) is 17.8 Å². The lowest BCUT2D eigenvalue weighted by atomic mass is 9.66. The van der Waals surface area contributed by atoms with Crippen LogP contribution in [-0.2, 0) is 0 Å². The topological polar surface area (TPSA) is 0 Å². The molecule has 3 fully saturated rings. The summed E-state index contributed by atoms with van der Waals surface area (Å²) < 4.78 is 0. The summed E-state index contributed by atoms with van der Waals surface area (Å²) in [7, 11) is 0. The van der Waals surface area contributed by atoms with Crippen LogP contribution in [0.4, 0.5) is 0 Å². The van der Waals surface area contributed by atoms with Gasteiger partial charge in [0.25, 0.3) is 0 Å². The fourth-order valence-electron chi connectivity index (χ4n) is 2.97. The van der Waals surface area contributed by atoms with E-state index in [0.717, 1.165) is 17.8 Å². The molecule has 0 aromatic carbocycles. The molecule has 0 amide bonds. The molecule has 0 bridgehead atoms. The van der Waals surface area contributed by atoms with Crippen molar-refractivity contribution in [1.82, 2.24) is 0 Å². The van der Waals surface area contributed by atoms with Crippen LogP contribution in [0.3, 0.4) is 0 Å². The van der Waals surface area contributed by atoms with Crippen LogP contribution in [-0.4, -0.2) is 0 Å². The molecule has 0 radical (unpaired) electrons. The van der Waals surface area contributed by atoms with Crippen molar-refractivity contribution in [2.75, 3.05) is 0 Å². The number of allylic oxidation sites excluding steroid dienone is 2. The first-order valence-electron chi connectivity index (χ1n) is 6.65. The van der Waals surface area contributed by atoms with Crippen LogP contribution in [0.25, 0.3) is 0 Å². The van der Waals surface area contributed by atoms with E-state index < -0.39 is 0 Å². The van der Waals surface area contributed by atoms with Crippen molar-refractivity contribution < 1.29 is 0 Å². The first-order valence-corrected chi connectivity index (χ1v) is 6.65. The first-order chi connectivity index (χ1) is 6.93. The third-order valence-electron chi connectivity index (χ3n) is 4.73. The lowest BCUT2D eigenvalue weighted by molar-refractivity contribution is 0.268. The second kappa shape index (κ2) is 3.72. The Kier molecular flexibility index (Phi) is 2.39. The Bertz CT molecular complexity index is 210. The molecule has 0 heterocycles. The predicted octanol–water partition coefficient (Wildman–Crippen LogP) is 4.31. The Morgan fingerprint density at radius 2 is 1.21 bits per heavy atom. The lowest BCUT2D eigenvalue weighted by Gasteiger charge is -2.39. The van der Waals surface area contributed by atoms with Gasteiger partial charge in [-0.2, -0.15) is 0 Å². The summed E-state index contributed by atoms with van der Waals surface area (Å²) in [6, 6.07) is 0. The second-order valence-electron chi connectivity index (χ2n) is 5.61. The van der Waals surface area contributed by atoms with Crippen molar-refractivity contribution in [2.45, 2.75) is 57.8 Å². The Hall–Kier alpha value is -0.260. The molecule has 0 N–H and O–H groups in total. The number of hydrogen-bond acceptors (Lipinski definition) is 0. The molecule has 3 saturated carbocycles. The molecule has 0 spiro atoms. The molecule has 0 saturated heterocycles. The minimum absolute atomic E-state index is 0.992. The van der Waals surface area contributed by atoms with Crippen LogP contribution in [0.1, 0.15) is 57.8 Å². The average Bonchev–Trinajstić information content (AvgIpc) is 1.88. The zero-order valence-electron chi connectivity index (χ0n) is 9.17. The molecule has 0 aliphatic heterocycles. The summed E-state index contributed by atoms with van der Waals surface area (Å²) in [4.78, 5) is 0. The summed E-state index contributed by atoms with van der Waals surface area (Å²) in [6.07, 6.45) is 16.2. The smallest absolute Gasteiger partial charge is 0.0200 e. The van der Waals surface area contributed by atoms with Crippen molar-refractivity contribution in [3.05, 3.63) is 11.6 Å². The highest BCUT2D eigenvalue weighted by Gasteiger charge is 2.31. The van der Waals surface area contributed by atoms with Gasteiger partial charge in [0.2, 0.25) is 0 Å². The summed E-state index contributed by atoms with van der Waals surface area (Å²) in [5, 5.41) is 0. The minimum atomic E-state index is 0.992. The molecular formula is C14H22. The van der Waals surface area contributed by atoms with Gasteiger partial charge in [0.05, 0.1) is 0 Å². The quantitative estimate of drug-likeness (QED) is 0.582. The monoisotopic (exact) mass is 190 g/mol.